The van der Waals surface area contributed by atoms with Crippen LogP contribution in [0.25, 0.3) is 0 Å². The average Bonchev–Trinajstić information content (AvgIpc) is 2.45. The Morgan fingerprint density at radius 2 is 1.80 bits per heavy atom. The molecule has 1 rings (SSSR count). The highest BCUT2D eigenvalue weighted by Crippen LogP contribution is 2.20. The van der Waals surface area contributed by atoms with Crippen LogP contribution in [0.2, 0.25) is 0 Å². The average molecular weight is 285 g/mol. The molecule has 0 spiro atoms. The molecule has 0 aliphatic carbocycles. The zero-order valence-electron chi connectivity index (χ0n) is 12.8. The Hall–Kier alpha value is -1.30. The first-order valence-electron chi connectivity index (χ1n) is 7.41. The molecule has 1 aliphatic heterocycles. The highest BCUT2D eigenvalue weighted by Gasteiger charge is 2.32. The molecule has 1 heterocycles. The van der Waals surface area contributed by atoms with E-state index in [1.807, 2.05) is 6.92 Å². The molecule has 0 aromatic rings. The minimum Gasteiger partial charge on any atom is -0.481 e. The van der Waals surface area contributed by atoms with Gasteiger partial charge in [-0.1, -0.05) is 13.8 Å². The summed E-state index contributed by atoms with van der Waals surface area (Å²) in [7, 11) is 0. The summed E-state index contributed by atoms with van der Waals surface area (Å²) in [6.45, 7) is 10.1. The maximum Gasteiger partial charge on any atom is 0.317 e. The maximum atomic E-state index is 12.1. The second kappa shape index (κ2) is 7.47. The van der Waals surface area contributed by atoms with Crippen molar-refractivity contribution in [2.24, 2.45) is 5.41 Å². The fourth-order valence-electron chi connectivity index (χ4n) is 2.23. The lowest BCUT2D eigenvalue weighted by Gasteiger charge is -2.35. The number of nitrogens with zero attached hydrogens (tertiary/aromatic N) is 2. The molecule has 0 aromatic carbocycles. The lowest BCUT2D eigenvalue weighted by atomic mass is 9.88. The van der Waals surface area contributed by atoms with Crippen LogP contribution >= 0.6 is 0 Å². The summed E-state index contributed by atoms with van der Waals surface area (Å²) in [4.78, 5) is 27.3. The van der Waals surface area contributed by atoms with Gasteiger partial charge in [0.15, 0.2) is 0 Å². The lowest BCUT2D eigenvalue weighted by molar-refractivity contribution is -0.147. The molecule has 116 valence electrons. The van der Waals surface area contributed by atoms with Crippen LogP contribution in [0.1, 0.15) is 33.6 Å². The first-order chi connectivity index (χ1) is 9.42. The molecule has 20 heavy (non-hydrogen) atoms. The minimum atomic E-state index is -0.889. The number of rotatable bonds is 6. The number of carboxylic acids is 1. The quantitative estimate of drug-likeness (QED) is 0.770. The van der Waals surface area contributed by atoms with E-state index in [1.54, 1.807) is 11.8 Å². The first-order valence-corrected chi connectivity index (χ1v) is 7.41. The van der Waals surface area contributed by atoms with Gasteiger partial charge in [0.25, 0.3) is 0 Å². The number of piperazine rings is 1. The number of hydrogen-bond acceptors (Lipinski definition) is 3. The zero-order chi connectivity index (χ0) is 15.2. The molecule has 1 fully saturated rings. The number of amides is 2. The van der Waals surface area contributed by atoms with Crippen molar-refractivity contribution in [3.05, 3.63) is 0 Å². The van der Waals surface area contributed by atoms with Gasteiger partial charge in [0.2, 0.25) is 0 Å². The van der Waals surface area contributed by atoms with Gasteiger partial charge in [-0.15, -0.1) is 0 Å². The van der Waals surface area contributed by atoms with Crippen molar-refractivity contribution in [3.8, 4) is 0 Å². The Morgan fingerprint density at radius 3 is 2.25 bits per heavy atom. The van der Waals surface area contributed by atoms with Crippen molar-refractivity contribution >= 4 is 12.0 Å². The van der Waals surface area contributed by atoms with Gasteiger partial charge in [0.05, 0.1) is 5.41 Å². The van der Waals surface area contributed by atoms with Crippen molar-refractivity contribution in [1.82, 2.24) is 15.1 Å². The predicted octanol–water partition coefficient (Wildman–Crippen LogP) is 1.22. The summed E-state index contributed by atoms with van der Waals surface area (Å²) in [6, 6.07) is -0.151. The number of urea groups is 1. The number of aliphatic carboxylic acids is 1. The summed E-state index contributed by atoms with van der Waals surface area (Å²) >= 11 is 0. The number of carbonyl (C=O) groups excluding carboxylic acids is 1. The highest BCUT2D eigenvalue weighted by molar-refractivity contribution is 5.78. The first kappa shape index (κ1) is 16.8. The standard InChI is InChI=1S/C14H27N3O3/c1-4-6-16-7-9-17(10-8-16)13(20)15-11-14(3,5-2)12(18)19/h4-11H2,1-3H3,(H,15,20)(H,18,19). The molecule has 1 aliphatic rings. The van der Waals surface area contributed by atoms with E-state index in [4.69, 9.17) is 0 Å². The maximum absolute atomic E-state index is 12.1. The van der Waals surface area contributed by atoms with E-state index < -0.39 is 11.4 Å². The number of carboxylic acid groups (broad SMARTS) is 1. The van der Waals surface area contributed by atoms with Crippen molar-refractivity contribution in [3.63, 3.8) is 0 Å². The van der Waals surface area contributed by atoms with Crippen molar-refractivity contribution < 1.29 is 14.7 Å². The van der Waals surface area contributed by atoms with Crippen LogP contribution in [-0.4, -0.2) is 66.2 Å². The van der Waals surface area contributed by atoms with Crippen molar-refractivity contribution in [2.45, 2.75) is 33.6 Å². The Balaban J connectivity index is 2.39. The van der Waals surface area contributed by atoms with Gasteiger partial charge < -0.3 is 15.3 Å². The van der Waals surface area contributed by atoms with E-state index in [0.717, 1.165) is 26.1 Å². The number of hydrogen-bond donors (Lipinski definition) is 2. The molecule has 1 unspecified atom stereocenters. The summed E-state index contributed by atoms with van der Waals surface area (Å²) < 4.78 is 0. The smallest absolute Gasteiger partial charge is 0.317 e. The molecule has 6 heteroatoms. The van der Waals surface area contributed by atoms with Crippen molar-refractivity contribution in [2.75, 3.05) is 39.3 Å². The van der Waals surface area contributed by atoms with Crippen LogP contribution in [0.15, 0.2) is 0 Å². The fourth-order valence-corrected chi connectivity index (χ4v) is 2.23. The van der Waals surface area contributed by atoms with Crippen LogP contribution < -0.4 is 5.32 Å². The zero-order valence-corrected chi connectivity index (χ0v) is 12.8. The van der Waals surface area contributed by atoms with Gasteiger partial charge >= 0.3 is 12.0 Å². The Kier molecular flexibility index (Phi) is 6.26. The van der Waals surface area contributed by atoms with Crippen LogP contribution in [0.4, 0.5) is 4.79 Å². The van der Waals surface area contributed by atoms with E-state index in [2.05, 4.69) is 17.1 Å². The molecule has 6 nitrogen and oxygen atoms in total. The molecule has 0 bridgehead atoms. The third-order valence-corrected chi connectivity index (χ3v) is 4.13. The van der Waals surface area contributed by atoms with E-state index in [0.29, 0.717) is 19.5 Å². The Morgan fingerprint density at radius 1 is 1.20 bits per heavy atom. The molecular weight excluding hydrogens is 258 g/mol. The normalized spacial score (nSPS) is 19.4. The topological polar surface area (TPSA) is 72.9 Å². The van der Waals surface area contributed by atoms with Gasteiger partial charge in [-0.25, -0.2) is 4.79 Å². The monoisotopic (exact) mass is 285 g/mol. The van der Waals surface area contributed by atoms with Gasteiger partial charge in [0.1, 0.15) is 0 Å². The fraction of sp³-hybridized carbons (Fsp3) is 0.857. The predicted molar refractivity (Wildman–Crippen MR) is 77.7 cm³/mol. The van der Waals surface area contributed by atoms with Gasteiger partial charge in [0, 0.05) is 32.7 Å². The third kappa shape index (κ3) is 4.37. The largest absolute Gasteiger partial charge is 0.481 e. The second-order valence-corrected chi connectivity index (χ2v) is 5.71. The third-order valence-electron chi connectivity index (χ3n) is 4.13. The van der Waals surface area contributed by atoms with Gasteiger partial charge in [-0.05, 0) is 26.3 Å². The van der Waals surface area contributed by atoms with E-state index in [1.165, 1.54) is 0 Å². The molecule has 0 radical (unpaired) electrons. The highest BCUT2D eigenvalue weighted by atomic mass is 16.4. The summed E-state index contributed by atoms with van der Waals surface area (Å²) in [5, 5.41) is 11.9. The molecule has 0 saturated carbocycles. The summed E-state index contributed by atoms with van der Waals surface area (Å²) in [6.07, 6.45) is 1.62. The molecule has 2 N–H and O–H groups in total. The second-order valence-electron chi connectivity index (χ2n) is 5.71. The SMILES string of the molecule is CCCN1CCN(C(=O)NCC(C)(CC)C(=O)O)CC1. The van der Waals surface area contributed by atoms with Crippen LogP contribution in [-0.2, 0) is 4.79 Å². The number of nitrogens with one attached hydrogen (secondary N) is 1. The van der Waals surface area contributed by atoms with Crippen LogP contribution in [0.5, 0.6) is 0 Å². The van der Waals surface area contributed by atoms with Crippen LogP contribution in [0.3, 0.4) is 0 Å². The molecular formula is C14H27N3O3. The lowest BCUT2D eigenvalue weighted by Crippen LogP contribution is -2.53. The molecule has 1 saturated heterocycles. The molecule has 0 aromatic heterocycles. The molecule has 1 atom stereocenters. The Labute approximate surface area is 121 Å². The summed E-state index contributed by atoms with van der Waals surface area (Å²) in [5.41, 5.74) is -0.889. The summed E-state index contributed by atoms with van der Waals surface area (Å²) in [5.74, 6) is -0.868. The number of carbonyl (C=O) groups is 2. The van der Waals surface area contributed by atoms with Gasteiger partial charge in [-0.2, -0.15) is 0 Å². The van der Waals surface area contributed by atoms with Gasteiger partial charge in [-0.3, -0.25) is 9.69 Å². The van der Waals surface area contributed by atoms with E-state index >= 15 is 0 Å². The van der Waals surface area contributed by atoms with E-state index in [-0.39, 0.29) is 12.6 Å². The Bertz CT molecular complexity index is 341. The van der Waals surface area contributed by atoms with Crippen molar-refractivity contribution in [1.29, 1.82) is 0 Å². The van der Waals surface area contributed by atoms with E-state index in [9.17, 15) is 14.7 Å². The van der Waals surface area contributed by atoms with Crippen LogP contribution in [0, 0.1) is 5.41 Å². The molecule has 2 amide bonds. The minimum absolute atomic E-state index is 0.151.